The van der Waals surface area contributed by atoms with Crippen LogP contribution in [0.1, 0.15) is 16.7 Å². The molecule has 1 aromatic heterocycles. The summed E-state index contributed by atoms with van der Waals surface area (Å²) in [4.78, 5) is 4.11. The van der Waals surface area contributed by atoms with Gasteiger partial charge in [-0.2, -0.15) is 0 Å². The number of hydrogen-bond donors (Lipinski definition) is 2. The van der Waals surface area contributed by atoms with Crippen LogP contribution in [0.3, 0.4) is 0 Å². The van der Waals surface area contributed by atoms with Gasteiger partial charge in [-0.05, 0) is 48.2 Å². The number of nitrogens with one attached hydrogen (secondary N) is 2. The fraction of sp³-hybridized carbons (Fsp3) is 0.312. The lowest BCUT2D eigenvalue weighted by Crippen LogP contribution is -2.16. The summed E-state index contributed by atoms with van der Waals surface area (Å²) in [5.74, 6) is 0. The van der Waals surface area contributed by atoms with E-state index >= 15 is 0 Å². The third-order valence-corrected chi connectivity index (χ3v) is 3.52. The van der Waals surface area contributed by atoms with Crippen molar-refractivity contribution in [2.75, 3.05) is 18.4 Å². The molecule has 98 valence electrons. The molecule has 3 nitrogen and oxygen atoms in total. The molecule has 0 bridgehead atoms. The predicted octanol–water partition coefficient (Wildman–Crippen LogP) is 2.38. The molecule has 2 N–H and O–H groups in total. The molecular weight excluding hydrogens is 234 g/mol. The molecule has 2 aromatic rings. The smallest absolute Gasteiger partial charge is 0.0373 e. The minimum absolute atomic E-state index is 0.889. The van der Waals surface area contributed by atoms with Gasteiger partial charge in [0.15, 0.2) is 0 Å². The van der Waals surface area contributed by atoms with Crippen molar-refractivity contribution in [2.24, 2.45) is 0 Å². The standard InChI is InChI=1S/C16H19N3/c1-2-14(11-17-7-1)12-18-8-5-13-3-4-16-15(10-13)6-9-19-16/h1-4,7,10-11,18-19H,5-6,8-9,12H2. The fourth-order valence-electron chi connectivity index (χ4n) is 2.48. The first-order chi connectivity index (χ1) is 9.42. The van der Waals surface area contributed by atoms with Crippen LogP contribution in [0.15, 0.2) is 42.7 Å². The van der Waals surface area contributed by atoms with Crippen molar-refractivity contribution < 1.29 is 0 Å². The summed E-state index contributed by atoms with van der Waals surface area (Å²) in [6.45, 7) is 2.97. The molecular formula is C16H19N3. The highest BCUT2D eigenvalue weighted by Gasteiger charge is 2.09. The van der Waals surface area contributed by atoms with Gasteiger partial charge in [0.1, 0.15) is 0 Å². The third kappa shape index (κ3) is 3.12. The first-order valence-electron chi connectivity index (χ1n) is 6.87. The van der Waals surface area contributed by atoms with E-state index < -0.39 is 0 Å². The van der Waals surface area contributed by atoms with Gasteiger partial charge in [-0.25, -0.2) is 0 Å². The van der Waals surface area contributed by atoms with Crippen LogP contribution >= 0.6 is 0 Å². The Morgan fingerprint density at radius 1 is 1.21 bits per heavy atom. The number of fused-ring (bicyclic) bond motifs is 1. The Morgan fingerprint density at radius 3 is 3.11 bits per heavy atom. The summed E-state index contributed by atoms with van der Waals surface area (Å²) >= 11 is 0. The lowest BCUT2D eigenvalue weighted by Gasteiger charge is -2.06. The lowest BCUT2D eigenvalue weighted by atomic mass is 10.1. The van der Waals surface area contributed by atoms with E-state index in [1.807, 2.05) is 18.5 Å². The van der Waals surface area contributed by atoms with Gasteiger partial charge in [0.05, 0.1) is 0 Å². The summed E-state index contributed by atoms with van der Waals surface area (Å²) in [7, 11) is 0. The molecule has 0 aliphatic carbocycles. The minimum Gasteiger partial charge on any atom is -0.384 e. The van der Waals surface area contributed by atoms with Crippen LogP contribution in [0.2, 0.25) is 0 Å². The average molecular weight is 253 g/mol. The summed E-state index contributed by atoms with van der Waals surface area (Å²) in [5, 5.41) is 6.86. The Bertz CT molecular complexity index is 537. The van der Waals surface area contributed by atoms with Gasteiger partial charge in [-0.1, -0.05) is 18.2 Å². The maximum atomic E-state index is 4.11. The van der Waals surface area contributed by atoms with Crippen LogP contribution in [0.4, 0.5) is 5.69 Å². The van der Waals surface area contributed by atoms with E-state index in [4.69, 9.17) is 0 Å². The van der Waals surface area contributed by atoms with Crippen molar-refractivity contribution >= 4 is 5.69 Å². The van der Waals surface area contributed by atoms with Crippen LogP contribution in [0, 0.1) is 0 Å². The molecule has 2 heterocycles. The molecule has 0 atom stereocenters. The molecule has 0 spiro atoms. The van der Waals surface area contributed by atoms with E-state index in [2.05, 4.69) is 39.9 Å². The lowest BCUT2D eigenvalue weighted by molar-refractivity contribution is 0.685. The number of anilines is 1. The van der Waals surface area contributed by atoms with Gasteiger partial charge < -0.3 is 10.6 Å². The second-order valence-electron chi connectivity index (χ2n) is 4.96. The van der Waals surface area contributed by atoms with Gasteiger partial charge in [0.2, 0.25) is 0 Å². The molecule has 3 rings (SSSR count). The van der Waals surface area contributed by atoms with Crippen LogP contribution in [0.25, 0.3) is 0 Å². The number of nitrogens with zero attached hydrogens (tertiary/aromatic N) is 1. The number of rotatable bonds is 5. The maximum Gasteiger partial charge on any atom is 0.0373 e. The van der Waals surface area contributed by atoms with Crippen molar-refractivity contribution in [1.82, 2.24) is 10.3 Å². The maximum absolute atomic E-state index is 4.11. The Kier molecular flexibility index (Phi) is 3.75. The molecule has 0 unspecified atom stereocenters. The molecule has 1 aliphatic heterocycles. The molecule has 0 saturated heterocycles. The molecule has 0 amide bonds. The summed E-state index contributed by atoms with van der Waals surface area (Å²) in [6.07, 6.45) is 5.95. The van der Waals surface area contributed by atoms with Crippen LogP contribution < -0.4 is 10.6 Å². The highest BCUT2D eigenvalue weighted by atomic mass is 14.9. The molecule has 19 heavy (non-hydrogen) atoms. The molecule has 0 fully saturated rings. The minimum atomic E-state index is 0.889. The highest BCUT2D eigenvalue weighted by Crippen LogP contribution is 2.22. The van der Waals surface area contributed by atoms with Crippen LogP contribution in [0.5, 0.6) is 0 Å². The van der Waals surface area contributed by atoms with Gasteiger partial charge in [-0.3, -0.25) is 4.98 Å². The Morgan fingerprint density at radius 2 is 2.21 bits per heavy atom. The quantitative estimate of drug-likeness (QED) is 0.803. The Hall–Kier alpha value is -1.87. The van der Waals surface area contributed by atoms with Gasteiger partial charge >= 0.3 is 0 Å². The normalized spacial score (nSPS) is 13.1. The van der Waals surface area contributed by atoms with Crippen molar-refractivity contribution in [2.45, 2.75) is 19.4 Å². The van der Waals surface area contributed by atoms with Crippen molar-refractivity contribution in [3.63, 3.8) is 0 Å². The van der Waals surface area contributed by atoms with Crippen molar-refractivity contribution in [3.05, 3.63) is 59.4 Å². The van der Waals surface area contributed by atoms with Crippen molar-refractivity contribution in [3.8, 4) is 0 Å². The van der Waals surface area contributed by atoms with E-state index in [1.54, 1.807) is 0 Å². The van der Waals surface area contributed by atoms with E-state index in [0.717, 1.165) is 32.5 Å². The first-order valence-corrected chi connectivity index (χ1v) is 6.87. The first kappa shape index (κ1) is 12.2. The van der Waals surface area contributed by atoms with Crippen LogP contribution in [-0.2, 0) is 19.4 Å². The van der Waals surface area contributed by atoms with E-state index in [0.29, 0.717) is 0 Å². The zero-order valence-electron chi connectivity index (χ0n) is 11.0. The molecule has 1 aliphatic rings. The Labute approximate surface area is 114 Å². The molecule has 3 heteroatoms. The summed E-state index contributed by atoms with van der Waals surface area (Å²) in [6, 6.07) is 10.8. The number of pyridine rings is 1. The third-order valence-electron chi connectivity index (χ3n) is 3.52. The SMILES string of the molecule is c1cncc(CNCCc2ccc3c(c2)CCN3)c1. The average Bonchev–Trinajstić information content (AvgIpc) is 2.92. The summed E-state index contributed by atoms with van der Waals surface area (Å²) < 4.78 is 0. The molecule has 0 saturated carbocycles. The van der Waals surface area contributed by atoms with E-state index in [1.165, 1.54) is 22.4 Å². The van der Waals surface area contributed by atoms with Gasteiger partial charge in [0.25, 0.3) is 0 Å². The second-order valence-corrected chi connectivity index (χ2v) is 4.96. The van der Waals surface area contributed by atoms with Crippen molar-refractivity contribution in [1.29, 1.82) is 0 Å². The number of aromatic nitrogens is 1. The number of hydrogen-bond acceptors (Lipinski definition) is 3. The number of benzene rings is 1. The van der Waals surface area contributed by atoms with Gasteiger partial charge in [0, 0.05) is 31.2 Å². The Balaban J connectivity index is 1.48. The zero-order valence-corrected chi connectivity index (χ0v) is 11.0. The predicted molar refractivity (Wildman–Crippen MR) is 78.3 cm³/mol. The van der Waals surface area contributed by atoms with E-state index in [9.17, 15) is 0 Å². The summed E-state index contributed by atoms with van der Waals surface area (Å²) in [5.41, 5.74) is 5.43. The second kappa shape index (κ2) is 5.85. The monoisotopic (exact) mass is 253 g/mol. The topological polar surface area (TPSA) is 37.0 Å². The highest BCUT2D eigenvalue weighted by molar-refractivity contribution is 5.56. The largest absolute Gasteiger partial charge is 0.384 e. The van der Waals surface area contributed by atoms with Crippen LogP contribution in [-0.4, -0.2) is 18.1 Å². The zero-order chi connectivity index (χ0) is 12.9. The molecule has 1 aromatic carbocycles. The van der Waals surface area contributed by atoms with E-state index in [-0.39, 0.29) is 0 Å². The van der Waals surface area contributed by atoms with Gasteiger partial charge in [-0.15, -0.1) is 0 Å². The fourth-order valence-corrected chi connectivity index (χ4v) is 2.48. The molecule has 0 radical (unpaired) electrons.